The summed E-state index contributed by atoms with van der Waals surface area (Å²) in [7, 11) is 0. The molecular weight excluding hydrogens is 574 g/mol. The second-order valence-corrected chi connectivity index (χ2v) is 14.0. The summed E-state index contributed by atoms with van der Waals surface area (Å²) in [4.78, 5) is 0. The van der Waals surface area contributed by atoms with Gasteiger partial charge in [0.2, 0.25) is 0 Å². The third kappa shape index (κ3) is 9.35. The van der Waals surface area contributed by atoms with Gasteiger partial charge in [0.05, 0.1) is 6.26 Å². The summed E-state index contributed by atoms with van der Waals surface area (Å²) in [6.07, 6.45) is 12.7. The van der Waals surface area contributed by atoms with E-state index in [0.29, 0.717) is 0 Å². The molecule has 0 aliphatic heterocycles. The third-order valence-corrected chi connectivity index (χ3v) is 5.99. The molecule has 196 valence electrons. The van der Waals surface area contributed by atoms with Crippen molar-refractivity contribution in [2.24, 2.45) is 0 Å². The monoisotopic (exact) mass is 612 g/mol. The van der Waals surface area contributed by atoms with Crippen LogP contribution in [0.15, 0.2) is 65.5 Å². The van der Waals surface area contributed by atoms with Crippen molar-refractivity contribution in [3.8, 4) is 11.1 Å². The molecule has 37 heavy (non-hydrogen) atoms. The predicted octanol–water partition coefficient (Wildman–Crippen LogP) is 9.67. The molecule has 0 radical (unpaired) electrons. The van der Waals surface area contributed by atoms with Gasteiger partial charge in [0.25, 0.3) is 0 Å². The fraction of sp³-hybridized carbons (Fsp3) is 0.364. The summed E-state index contributed by atoms with van der Waals surface area (Å²) in [6.45, 7) is 17.8. The van der Waals surface area contributed by atoms with E-state index in [1.165, 1.54) is 36.6 Å². The Hall–Kier alpha value is -1.47. The number of furan rings is 1. The average molecular weight is 615 g/mol. The molecule has 0 spiro atoms. The Kier molecular flexibility index (Phi) is 12.8. The van der Waals surface area contributed by atoms with Gasteiger partial charge >= 0.3 is 41.3 Å². The number of halogens is 2. The van der Waals surface area contributed by atoms with E-state index >= 15 is 0 Å². The SMILES string of the molecule is CC(C)(C)c1[c-]c2c(cc1)-c1ccc(C(C)(C)C)cc1C2.C[C](C)=[Zr+2].Cl.Cl.[C-]1=C(c2ccoc2)C=CC1. The van der Waals surface area contributed by atoms with Crippen LogP contribution in [0.4, 0.5) is 0 Å². The summed E-state index contributed by atoms with van der Waals surface area (Å²) < 4.78 is 6.44. The summed E-state index contributed by atoms with van der Waals surface area (Å²) in [5.41, 5.74) is 11.0. The first-order chi connectivity index (χ1) is 16.4. The van der Waals surface area contributed by atoms with Gasteiger partial charge in [0, 0.05) is 6.26 Å². The summed E-state index contributed by atoms with van der Waals surface area (Å²) in [5, 5.41) is 0. The van der Waals surface area contributed by atoms with E-state index in [9.17, 15) is 0 Å². The Morgan fingerprint density at radius 1 is 0.892 bits per heavy atom. The maximum atomic E-state index is 4.93. The van der Waals surface area contributed by atoms with Crippen LogP contribution >= 0.6 is 24.8 Å². The van der Waals surface area contributed by atoms with Crippen molar-refractivity contribution in [3.63, 3.8) is 0 Å². The molecule has 0 amide bonds. The van der Waals surface area contributed by atoms with Crippen molar-refractivity contribution < 1.29 is 28.7 Å². The van der Waals surface area contributed by atoms with Gasteiger partial charge < -0.3 is 4.42 Å². The van der Waals surface area contributed by atoms with Crippen molar-refractivity contribution in [2.45, 2.75) is 79.1 Å². The van der Waals surface area contributed by atoms with Crippen molar-refractivity contribution in [2.75, 3.05) is 0 Å². The Bertz CT molecular complexity index is 1170. The first-order valence-corrected chi connectivity index (χ1v) is 13.6. The minimum absolute atomic E-state index is 0. The van der Waals surface area contributed by atoms with Gasteiger partial charge in [-0.05, 0) is 28.4 Å². The van der Waals surface area contributed by atoms with Crippen molar-refractivity contribution in [1.82, 2.24) is 0 Å². The molecule has 1 heterocycles. The first kappa shape index (κ1) is 33.6. The van der Waals surface area contributed by atoms with E-state index in [4.69, 9.17) is 4.42 Å². The second-order valence-electron chi connectivity index (χ2n) is 11.5. The van der Waals surface area contributed by atoms with Crippen LogP contribution in [0.25, 0.3) is 16.7 Å². The molecule has 2 aromatic carbocycles. The van der Waals surface area contributed by atoms with Crippen LogP contribution < -0.4 is 0 Å². The maximum Gasteiger partial charge on any atom is 0.0771 e. The number of rotatable bonds is 1. The molecule has 2 aliphatic carbocycles. The van der Waals surface area contributed by atoms with Gasteiger partial charge in [-0.15, -0.1) is 42.0 Å². The van der Waals surface area contributed by atoms with Crippen molar-refractivity contribution >= 4 is 33.6 Å². The first-order valence-electron chi connectivity index (χ1n) is 12.4. The molecule has 0 unspecified atom stereocenters. The molecule has 0 N–H and O–H groups in total. The Morgan fingerprint density at radius 2 is 1.54 bits per heavy atom. The number of fused-ring (bicyclic) bond motifs is 3. The fourth-order valence-corrected chi connectivity index (χ4v) is 4.05. The largest absolute Gasteiger partial charge is 0.486 e. The third-order valence-electron chi connectivity index (χ3n) is 5.99. The molecule has 0 saturated heterocycles. The molecule has 1 nitrogen and oxygen atoms in total. The summed E-state index contributed by atoms with van der Waals surface area (Å²) >= 11 is 1.55. The zero-order valence-electron chi connectivity index (χ0n) is 23.4. The van der Waals surface area contributed by atoms with Crippen LogP contribution in [0.2, 0.25) is 0 Å². The molecule has 0 saturated carbocycles. The molecule has 3 aromatic rings. The van der Waals surface area contributed by atoms with Crippen LogP contribution in [0.5, 0.6) is 0 Å². The Labute approximate surface area is 252 Å². The quantitative estimate of drug-likeness (QED) is 0.195. The zero-order valence-corrected chi connectivity index (χ0v) is 27.5. The normalized spacial score (nSPS) is 13.0. The smallest absolute Gasteiger partial charge is 0.0771 e. The molecule has 4 heteroatoms. The Balaban J connectivity index is 0.000000358. The number of allylic oxidation sites excluding steroid dienone is 4. The van der Waals surface area contributed by atoms with E-state index in [0.717, 1.165) is 24.0 Å². The number of hydrogen-bond acceptors (Lipinski definition) is 1. The average Bonchev–Trinajstić information content (AvgIpc) is 3.51. The minimum atomic E-state index is 0. The van der Waals surface area contributed by atoms with Crippen LogP contribution in [-0.4, -0.2) is 3.21 Å². The molecule has 0 bridgehead atoms. The molecule has 1 aromatic heterocycles. The van der Waals surface area contributed by atoms with Gasteiger partial charge in [-0.3, -0.25) is 0 Å². The van der Waals surface area contributed by atoms with Gasteiger partial charge in [0.15, 0.2) is 0 Å². The second kappa shape index (κ2) is 14.1. The molecule has 5 rings (SSSR count). The maximum absolute atomic E-state index is 4.93. The van der Waals surface area contributed by atoms with Gasteiger partial charge in [0.1, 0.15) is 0 Å². The molecule has 0 fully saturated rings. The summed E-state index contributed by atoms with van der Waals surface area (Å²) in [5.74, 6) is 0. The minimum Gasteiger partial charge on any atom is -0.486 e. The fourth-order valence-electron chi connectivity index (χ4n) is 4.05. The van der Waals surface area contributed by atoms with Crippen LogP contribution in [0.3, 0.4) is 0 Å². The standard InChI is InChI=1S/C21H25.C9H7O.C3H6.2ClH.Zr/c1-20(2,3)16-7-9-18-14(12-16)11-15-13-17(21(4,5)6)8-10-19(15)18;1-2-4-8(3-1)9-5-6-10-7-9;1-3-2;;;/h7-10,12H,11H2,1-6H3;1,3,5-7H,2H2;1-2H3;2*1H;/q2*-1;;;;+2. The Morgan fingerprint density at radius 3 is 2.05 bits per heavy atom. The van der Waals surface area contributed by atoms with E-state index in [-0.39, 0.29) is 35.6 Å². The molecule has 2 aliphatic rings. The predicted molar refractivity (Wildman–Crippen MR) is 161 cm³/mol. The van der Waals surface area contributed by atoms with Crippen molar-refractivity contribution in [1.29, 1.82) is 0 Å². The van der Waals surface area contributed by atoms with E-state index < -0.39 is 0 Å². The van der Waals surface area contributed by atoms with Gasteiger partial charge in [-0.2, -0.15) is 41.5 Å². The number of hydrogen-bond donors (Lipinski definition) is 0. The molecular formula is C33H40Cl2OZr. The van der Waals surface area contributed by atoms with Crippen LogP contribution in [0, 0.1) is 12.1 Å². The van der Waals surface area contributed by atoms with E-state index in [1.54, 1.807) is 36.8 Å². The number of benzene rings is 2. The van der Waals surface area contributed by atoms with E-state index in [1.807, 2.05) is 6.07 Å². The van der Waals surface area contributed by atoms with Crippen molar-refractivity contribution in [3.05, 3.63) is 101 Å². The summed E-state index contributed by atoms with van der Waals surface area (Å²) in [6, 6.07) is 17.1. The zero-order chi connectivity index (χ0) is 25.8. The topological polar surface area (TPSA) is 13.1 Å². The van der Waals surface area contributed by atoms with Crippen LogP contribution in [-0.2, 0) is 41.5 Å². The van der Waals surface area contributed by atoms with Crippen LogP contribution in [0.1, 0.15) is 89.6 Å². The van der Waals surface area contributed by atoms with Gasteiger partial charge in [-0.1, -0.05) is 83.4 Å². The molecule has 0 atom stereocenters. The van der Waals surface area contributed by atoms with E-state index in [2.05, 4.69) is 110 Å². The van der Waals surface area contributed by atoms with Gasteiger partial charge in [-0.25, -0.2) is 0 Å².